The van der Waals surface area contributed by atoms with Crippen molar-refractivity contribution in [2.24, 2.45) is 0 Å². The highest BCUT2D eigenvalue weighted by atomic mass is 17.3. The van der Waals surface area contributed by atoms with Crippen molar-refractivity contribution >= 4 is 0 Å². The maximum absolute atomic E-state index is 9.16. The maximum atomic E-state index is 9.16. The molecule has 0 spiro atoms. The van der Waals surface area contributed by atoms with Gasteiger partial charge < -0.3 is 5.11 Å². The molecular formula is C11H14O5. The third kappa shape index (κ3) is 1.83. The van der Waals surface area contributed by atoms with E-state index in [0.717, 1.165) is 0 Å². The van der Waals surface area contributed by atoms with Crippen molar-refractivity contribution in [2.75, 3.05) is 6.61 Å². The third-order valence-electron chi connectivity index (χ3n) is 2.68. The largest absolute Gasteiger partial charge is 0.393 e. The molecule has 0 unspecified atom stereocenters. The molecule has 0 bridgehead atoms. The number of aliphatic hydroxyl groups is 1. The van der Waals surface area contributed by atoms with Crippen LogP contribution >= 0.6 is 0 Å². The van der Waals surface area contributed by atoms with Crippen molar-refractivity contribution < 1.29 is 25.0 Å². The molecule has 0 amide bonds. The Morgan fingerprint density at radius 3 is 2.50 bits per heavy atom. The number of hydrogen-bond acceptors (Lipinski definition) is 5. The summed E-state index contributed by atoms with van der Waals surface area (Å²) in [7, 11) is 0. The second kappa shape index (κ2) is 4.12. The molecule has 0 saturated carbocycles. The summed E-state index contributed by atoms with van der Waals surface area (Å²) in [5.74, 6) is -1.36. The minimum atomic E-state index is -1.36. The molecular weight excluding hydrogens is 212 g/mol. The highest BCUT2D eigenvalue weighted by molar-refractivity contribution is 5.21. The zero-order valence-electron chi connectivity index (χ0n) is 8.92. The third-order valence-corrected chi connectivity index (χ3v) is 2.68. The van der Waals surface area contributed by atoms with Crippen molar-refractivity contribution in [3.63, 3.8) is 0 Å². The second-order valence-electron chi connectivity index (χ2n) is 4.16. The Morgan fingerprint density at radius 2 is 2.00 bits per heavy atom. The van der Waals surface area contributed by atoms with E-state index in [1.165, 1.54) is 0 Å². The molecule has 2 rings (SSSR count). The van der Waals surface area contributed by atoms with Crippen molar-refractivity contribution in [1.29, 1.82) is 0 Å². The number of benzene rings is 1. The number of hydrogen-bond donors (Lipinski definition) is 2. The van der Waals surface area contributed by atoms with E-state index in [1.807, 2.05) is 6.07 Å². The normalized spacial score (nSPS) is 34.2. The van der Waals surface area contributed by atoms with Gasteiger partial charge in [-0.3, -0.25) is 0 Å². The van der Waals surface area contributed by atoms with Crippen LogP contribution in [0.4, 0.5) is 0 Å². The molecule has 5 nitrogen and oxygen atoms in total. The quantitative estimate of drug-likeness (QED) is 0.602. The van der Waals surface area contributed by atoms with Crippen molar-refractivity contribution in [2.45, 2.75) is 24.7 Å². The summed E-state index contributed by atoms with van der Waals surface area (Å²) in [6.45, 7) is 1.46. The summed E-state index contributed by atoms with van der Waals surface area (Å²) in [5.41, 5.74) is -0.242. The average Bonchev–Trinajstić information content (AvgIpc) is 2.71. The Labute approximate surface area is 93.0 Å². The fourth-order valence-corrected chi connectivity index (χ4v) is 1.74. The van der Waals surface area contributed by atoms with Gasteiger partial charge in [0.25, 0.3) is 5.79 Å². The molecule has 0 radical (unpaired) electrons. The van der Waals surface area contributed by atoms with Crippen molar-refractivity contribution in [1.82, 2.24) is 0 Å². The summed E-state index contributed by atoms with van der Waals surface area (Å²) in [6, 6.07) is 8.95. The number of rotatable bonds is 3. The predicted molar refractivity (Wildman–Crippen MR) is 54.1 cm³/mol. The van der Waals surface area contributed by atoms with E-state index in [-0.39, 0.29) is 13.0 Å². The van der Waals surface area contributed by atoms with Crippen LogP contribution in [0.5, 0.6) is 0 Å². The first-order valence-corrected chi connectivity index (χ1v) is 5.00. The standard InChI is InChI=1S/C11H14O5/c1-10(8-12)7-11(14-13,16-15-10)9-5-3-2-4-6-9/h2-6,12-13H,7-8H2,1H3/t10-,11-/m1/s1. The van der Waals surface area contributed by atoms with Crippen LogP contribution in [0.25, 0.3) is 0 Å². The zero-order valence-corrected chi connectivity index (χ0v) is 8.92. The Morgan fingerprint density at radius 1 is 1.31 bits per heavy atom. The van der Waals surface area contributed by atoms with E-state index < -0.39 is 11.4 Å². The summed E-state index contributed by atoms with van der Waals surface area (Å²) in [6.07, 6.45) is 0.205. The van der Waals surface area contributed by atoms with Gasteiger partial charge in [0.1, 0.15) is 5.60 Å². The van der Waals surface area contributed by atoms with E-state index in [1.54, 1.807) is 31.2 Å². The molecule has 1 aliphatic rings. The molecule has 0 aliphatic carbocycles. The van der Waals surface area contributed by atoms with Crippen LogP contribution in [0, 0.1) is 0 Å². The first-order valence-electron chi connectivity index (χ1n) is 5.00. The highest BCUT2D eigenvalue weighted by Gasteiger charge is 2.52. The summed E-state index contributed by atoms with van der Waals surface area (Å²) < 4.78 is 0. The highest BCUT2D eigenvalue weighted by Crippen LogP contribution is 2.43. The molecule has 1 saturated heterocycles. The first kappa shape index (κ1) is 11.5. The summed E-state index contributed by atoms with van der Waals surface area (Å²) in [4.78, 5) is 14.5. The van der Waals surface area contributed by atoms with E-state index >= 15 is 0 Å². The lowest BCUT2D eigenvalue weighted by atomic mass is 9.93. The van der Waals surface area contributed by atoms with Crippen LogP contribution in [0.3, 0.4) is 0 Å². The number of aliphatic hydroxyl groups excluding tert-OH is 1. The molecule has 1 fully saturated rings. The maximum Gasteiger partial charge on any atom is 0.261 e. The van der Waals surface area contributed by atoms with Crippen LogP contribution in [-0.4, -0.2) is 22.6 Å². The molecule has 5 heteroatoms. The lowest BCUT2D eigenvalue weighted by Gasteiger charge is -2.22. The topological polar surface area (TPSA) is 68.2 Å². The van der Waals surface area contributed by atoms with Gasteiger partial charge >= 0.3 is 0 Å². The SMILES string of the molecule is C[C@]1(CO)C[C@](OO)(c2ccccc2)OO1. The van der Waals surface area contributed by atoms with E-state index in [4.69, 9.17) is 20.1 Å². The Balaban J connectivity index is 2.30. The van der Waals surface area contributed by atoms with Gasteiger partial charge in [-0.2, -0.15) is 9.78 Å². The Bertz CT molecular complexity index is 355. The van der Waals surface area contributed by atoms with E-state index in [0.29, 0.717) is 5.56 Å². The fraction of sp³-hybridized carbons (Fsp3) is 0.455. The summed E-state index contributed by atoms with van der Waals surface area (Å²) in [5, 5.41) is 18.2. The smallest absolute Gasteiger partial charge is 0.261 e. The lowest BCUT2D eigenvalue weighted by Crippen LogP contribution is -2.33. The molecule has 2 atom stereocenters. The van der Waals surface area contributed by atoms with E-state index in [9.17, 15) is 0 Å². The van der Waals surface area contributed by atoms with Gasteiger partial charge in [0.05, 0.1) is 6.61 Å². The molecule has 88 valence electrons. The van der Waals surface area contributed by atoms with E-state index in [2.05, 4.69) is 4.89 Å². The van der Waals surface area contributed by atoms with Gasteiger partial charge in [-0.05, 0) is 6.92 Å². The lowest BCUT2D eigenvalue weighted by molar-refractivity contribution is -0.480. The second-order valence-corrected chi connectivity index (χ2v) is 4.16. The zero-order chi connectivity index (χ0) is 11.6. The van der Waals surface area contributed by atoms with Crippen molar-refractivity contribution in [3.05, 3.63) is 35.9 Å². The van der Waals surface area contributed by atoms with Gasteiger partial charge in [-0.1, -0.05) is 30.3 Å². The predicted octanol–water partition coefficient (Wildman–Crippen LogP) is 1.43. The minimum absolute atomic E-state index is 0.205. The Kier molecular flexibility index (Phi) is 2.96. The molecule has 0 aromatic heterocycles. The van der Waals surface area contributed by atoms with Crippen LogP contribution in [0.1, 0.15) is 18.9 Å². The van der Waals surface area contributed by atoms with Gasteiger partial charge in [0.15, 0.2) is 0 Å². The van der Waals surface area contributed by atoms with Gasteiger partial charge in [0.2, 0.25) is 0 Å². The minimum Gasteiger partial charge on any atom is -0.393 e. The average molecular weight is 226 g/mol. The monoisotopic (exact) mass is 226 g/mol. The van der Waals surface area contributed by atoms with Crippen LogP contribution in [-0.2, 0) is 20.4 Å². The molecule has 1 aromatic carbocycles. The first-order chi connectivity index (χ1) is 7.64. The van der Waals surface area contributed by atoms with Crippen LogP contribution in [0.15, 0.2) is 30.3 Å². The molecule has 1 aromatic rings. The molecule has 1 heterocycles. The molecule has 1 aliphatic heterocycles. The summed E-state index contributed by atoms with van der Waals surface area (Å²) >= 11 is 0. The van der Waals surface area contributed by atoms with Gasteiger partial charge in [-0.25, -0.2) is 10.1 Å². The van der Waals surface area contributed by atoms with Crippen LogP contribution in [0.2, 0.25) is 0 Å². The van der Waals surface area contributed by atoms with Crippen molar-refractivity contribution in [3.8, 4) is 0 Å². The molecule has 2 N–H and O–H groups in total. The van der Waals surface area contributed by atoms with Gasteiger partial charge in [0, 0.05) is 12.0 Å². The van der Waals surface area contributed by atoms with Gasteiger partial charge in [-0.15, -0.1) is 0 Å². The fourth-order valence-electron chi connectivity index (χ4n) is 1.74. The Hall–Kier alpha value is -0.980. The van der Waals surface area contributed by atoms with Crippen LogP contribution < -0.4 is 0 Å². The molecule has 16 heavy (non-hydrogen) atoms.